The van der Waals surface area contributed by atoms with Crippen LogP contribution in [0.25, 0.3) is 0 Å². The van der Waals surface area contributed by atoms with Crippen molar-refractivity contribution in [3.63, 3.8) is 0 Å². The summed E-state index contributed by atoms with van der Waals surface area (Å²) in [5.74, 6) is 0.649. The van der Waals surface area contributed by atoms with E-state index in [-0.39, 0.29) is 5.91 Å². The average Bonchev–Trinajstić information content (AvgIpc) is 3.27. The molecule has 0 unspecified atom stereocenters. The standard InChI is InChI=1S/C19H23N3O2/c1-24-18-8-6-15(7-9-18)12-19(23)21-20-13-16-10-11-22(14-16)17-4-2-3-5-17/h6-11,13-14,17H,2-5,12H2,1H3,(H,21,23)/b20-13+. The predicted molar refractivity (Wildman–Crippen MR) is 94.4 cm³/mol. The van der Waals surface area contributed by atoms with E-state index in [1.807, 2.05) is 30.3 Å². The Kier molecular flexibility index (Phi) is 5.31. The number of aromatic nitrogens is 1. The Bertz CT molecular complexity index is 698. The molecule has 24 heavy (non-hydrogen) atoms. The summed E-state index contributed by atoms with van der Waals surface area (Å²) in [6.07, 6.45) is 11.3. The fourth-order valence-corrected chi connectivity index (χ4v) is 3.08. The van der Waals surface area contributed by atoms with Gasteiger partial charge in [-0.05, 0) is 36.6 Å². The van der Waals surface area contributed by atoms with Gasteiger partial charge in [0.25, 0.3) is 0 Å². The van der Waals surface area contributed by atoms with E-state index in [0.29, 0.717) is 12.5 Å². The molecule has 0 aliphatic heterocycles. The summed E-state index contributed by atoms with van der Waals surface area (Å²) in [5.41, 5.74) is 4.51. The molecule has 1 fully saturated rings. The molecule has 5 heteroatoms. The van der Waals surface area contributed by atoms with E-state index in [1.165, 1.54) is 25.7 Å². The van der Waals surface area contributed by atoms with E-state index in [4.69, 9.17) is 4.74 Å². The monoisotopic (exact) mass is 325 g/mol. The first-order valence-corrected chi connectivity index (χ1v) is 8.37. The first kappa shape index (κ1) is 16.3. The van der Waals surface area contributed by atoms with E-state index in [2.05, 4.69) is 27.5 Å². The lowest BCUT2D eigenvalue weighted by Gasteiger charge is -2.10. The number of nitrogens with one attached hydrogen (secondary N) is 1. The normalized spacial score (nSPS) is 15.0. The lowest BCUT2D eigenvalue weighted by Crippen LogP contribution is -2.19. The second-order valence-corrected chi connectivity index (χ2v) is 6.15. The third-order valence-corrected chi connectivity index (χ3v) is 4.41. The Morgan fingerprint density at radius 3 is 2.75 bits per heavy atom. The van der Waals surface area contributed by atoms with E-state index in [9.17, 15) is 4.79 Å². The van der Waals surface area contributed by atoms with Gasteiger partial charge in [-0.1, -0.05) is 25.0 Å². The number of hydrazone groups is 1. The van der Waals surface area contributed by atoms with Gasteiger partial charge in [-0.2, -0.15) is 5.10 Å². The molecule has 0 saturated heterocycles. The highest BCUT2D eigenvalue weighted by atomic mass is 16.5. The number of carbonyl (C=O) groups excluding carboxylic acids is 1. The van der Waals surface area contributed by atoms with Crippen molar-refractivity contribution in [1.82, 2.24) is 9.99 Å². The van der Waals surface area contributed by atoms with E-state index in [0.717, 1.165) is 16.9 Å². The van der Waals surface area contributed by atoms with Crippen LogP contribution in [0.15, 0.2) is 47.8 Å². The van der Waals surface area contributed by atoms with Crippen LogP contribution in [0.2, 0.25) is 0 Å². The number of benzene rings is 1. The zero-order chi connectivity index (χ0) is 16.8. The van der Waals surface area contributed by atoms with Gasteiger partial charge in [0.05, 0.1) is 19.7 Å². The lowest BCUT2D eigenvalue weighted by molar-refractivity contribution is -0.120. The molecule has 1 aliphatic rings. The summed E-state index contributed by atoms with van der Waals surface area (Å²) < 4.78 is 7.36. The van der Waals surface area contributed by atoms with Gasteiger partial charge in [-0.3, -0.25) is 4.79 Å². The first-order valence-electron chi connectivity index (χ1n) is 8.37. The van der Waals surface area contributed by atoms with Crippen molar-refractivity contribution >= 4 is 12.1 Å². The van der Waals surface area contributed by atoms with Gasteiger partial charge in [0.15, 0.2) is 0 Å². The number of ether oxygens (including phenoxy) is 1. The second kappa shape index (κ2) is 7.81. The molecule has 1 aromatic carbocycles. The summed E-state index contributed by atoms with van der Waals surface area (Å²) in [6.45, 7) is 0. The molecular weight excluding hydrogens is 302 g/mol. The molecule has 0 spiro atoms. The molecular formula is C19H23N3O2. The molecule has 126 valence electrons. The molecule has 5 nitrogen and oxygen atoms in total. The Balaban J connectivity index is 1.49. The summed E-state index contributed by atoms with van der Waals surface area (Å²) >= 11 is 0. The first-order chi connectivity index (χ1) is 11.7. The molecule has 1 aliphatic carbocycles. The fourth-order valence-electron chi connectivity index (χ4n) is 3.08. The minimum Gasteiger partial charge on any atom is -0.497 e. The smallest absolute Gasteiger partial charge is 0.244 e. The van der Waals surface area contributed by atoms with Crippen LogP contribution >= 0.6 is 0 Å². The molecule has 2 aromatic rings. The Morgan fingerprint density at radius 1 is 1.29 bits per heavy atom. The van der Waals surface area contributed by atoms with Gasteiger partial charge >= 0.3 is 0 Å². The minimum absolute atomic E-state index is 0.133. The highest BCUT2D eigenvalue weighted by molar-refractivity contribution is 5.83. The molecule has 1 aromatic heterocycles. The molecule has 1 heterocycles. The number of hydrogen-bond donors (Lipinski definition) is 1. The van der Waals surface area contributed by atoms with E-state index < -0.39 is 0 Å². The molecule has 1 N–H and O–H groups in total. The van der Waals surface area contributed by atoms with Crippen LogP contribution in [0, 0.1) is 0 Å². The van der Waals surface area contributed by atoms with Crippen molar-refractivity contribution in [2.75, 3.05) is 7.11 Å². The number of amides is 1. The average molecular weight is 325 g/mol. The highest BCUT2D eigenvalue weighted by Crippen LogP contribution is 2.29. The maximum Gasteiger partial charge on any atom is 0.244 e. The van der Waals surface area contributed by atoms with Crippen LogP contribution < -0.4 is 10.2 Å². The molecule has 3 rings (SSSR count). The fraction of sp³-hybridized carbons (Fsp3) is 0.368. The summed E-state index contributed by atoms with van der Waals surface area (Å²) in [6, 6.07) is 10.1. The van der Waals surface area contributed by atoms with Crippen molar-refractivity contribution in [2.45, 2.75) is 38.1 Å². The third kappa shape index (κ3) is 4.25. The maximum atomic E-state index is 11.9. The summed E-state index contributed by atoms with van der Waals surface area (Å²) in [4.78, 5) is 11.9. The van der Waals surface area contributed by atoms with Crippen LogP contribution in [-0.2, 0) is 11.2 Å². The number of rotatable bonds is 6. The zero-order valence-electron chi connectivity index (χ0n) is 13.9. The van der Waals surface area contributed by atoms with Crippen LogP contribution in [0.1, 0.15) is 42.9 Å². The largest absolute Gasteiger partial charge is 0.497 e. The Hall–Kier alpha value is -2.56. The van der Waals surface area contributed by atoms with Gasteiger partial charge < -0.3 is 9.30 Å². The van der Waals surface area contributed by atoms with Gasteiger partial charge in [0, 0.05) is 24.0 Å². The van der Waals surface area contributed by atoms with E-state index >= 15 is 0 Å². The van der Waals surface area contributed by atoms with Crippen molar-refractivity contribution in [2.24, 2.45) is 5.10 Å². The highest BCUT2D eigenvalue weighted by Gasteiger charge is 2.15. The van der Waals surface area contributed by atoms with Gasteiger partial charge in [-0.15, -0.1) is 0 Å². The topological polar surface area (TPSA) is 55.6 Å². The maximum absolute atomic E-state index is 11.9. The van der Waals surface area contributed by atoms with Gasteiger partial charge in [0.1, 0.15) is 5.75 Å². The number of methoxy groups -OCH3 is 1. The van der Waals surface area contributed by atoms with Crippen molar-refractivity contribution in [1.29, 1.82) is 0 Å². The molecule has 0 bridgehead atoms. The van der Waals surface area contributed by atoms with Crippen molar-refractivity contribution < 1.29 is 9.53 Å². The summed E-state index contributed by atoms with van der Waals surface area (Å²) in [7, 11) is 1.62. The summed E-state index contributed by atoms with van der Waals surface area (Å²) in [5, 5.41) is 4.05. The predicted octanol–water partition coefficient (Wildman–Crippen LogP) is 3.30. The van der Waals surface area contributed by atoms with Crippen LogP contribution in [0.3, 0.4) is 0 Å². The van der Waals surface area contributed by atoms with Crippen molar-refractivity contribution in [3.8, 4) is 5.75 Å². The van der Waals surface area contributed by atoms with Crippen LogP contribution in [0.5, 0.6) is 5.75 Å². The lowest BCUT2D eigenvalue weighted by atomic mass is 10.1. The van der Waals surface area contributed by atoms with Gasteiger partial charge in [-0.25, -0.2) is 5.43 Å². The zero-order valence-corrected chi connectivity index (χ0v) is 13.9. The molecule has 1 saturated carbocycles. The molecule has 0 atom stereocenters. The van der Waals surface area contributed by atoms with Crippen LogP contribution in [-0.4, -0.2) is 23.8 Å². The molecule has 1 amide bonds. The van der Waals surface area contributed by atoms with Gasteiger partial charge in [0.2, 0.25) is 5.91 Å². The number of nitrogens with zero attached hydrogens (tertiary/aromatic N) is 2. The van der Waals surface area contributed by atoms with Crippen LogP contribution in [0.4, 0.5) is 0 Å². The minimum atomic E-state index is -0.133. The van der Waals surface area contributed by atoms with Crippen molar-refractivity contribution in [3.05, 3.63) is 53.9 Å². The molecule has 0 radical (unpaired) electrons. The number of hydrogen-bond acceptors (Lipinski definition) is 3. The SMILES string of the molecule is COc1ccc(CC(=O)N/N=C/c2ccn(C3CCCC3)c2)cc1. The second-order valence-electron chi connectivity index (χ2n) is 6.15. The Morgan fingerprint density at radius 2 is 2.04 bits per heavy atom. The quantitative estimate of drug-likeness (QED) is 0.654. The van der Waals surface area contributed by atoms with E-state index in [1.54, 1.807) is 13.3 Å². The number of carbonyl (C=O) groups is 1. The Labute approximate surface area is 142 Å². The third-order valence-electron chi connectivity index (χ3n) is 4.41.